The predicted molar refractivity (Wildman–Crippen MR) is 130 cm³/mol. The Morgan fingerprint density at radius 2 is 1.80 bits per heavy atom. The molecular weight excluding hydrogens is 390 g/mol. The standard InChI is InChI=1S/C26H36ClN3/c1-3-28-26-22-11-5-4-6-12-23(26)18-21(17-22)10-8-14-29-15-16-30(19-29)24-13-7-9-20(2)25(24)27/h7,9,13,17-18,28H,3-6,8,10-12,14-16,19H2,1-2H3. The number of benzene rings is 2. The van der Waals surface area contributed by atoms with Gasteiger partial charge in [-0.1, -0.05) is 42.3 Å². The van der Waals surface area contributed by atoms with Crippen LogP contribution >= 0.6 is 11.6 Å². The minimum Gasteiger partial charge on any atom is -0.385 e. The molecule has 0 radical (unpaired) electrons. The molecule has 2 bridgehead atoms. The van der Waals surface area contributed by atoms with E-state index in [1.54, 1.807) is 11.1 Å². The summed E-state index contributed by atoms with van der Waals surface area (Å²) in [4.78, 5) is 4.99. The van der Waals surface area contributed by atoms with Crippen LogP contribution in [0.25, 0.3) is 0 Å². The van der Waals surface area contributed by atoms with Crippen LogP contribution in [0.15, 0.2) is 30.3 Å². The first-order valence-corrected chi connectivity index (χ1v) is 12.1. The molecule has 0 spiro atoms. The molecule has 162 valence electrons. The first-order valence-electron chi connectivity index (χ1n) is 11.8. The summed E-state index contributed by atoms with van der Waals surface area (Å²) >= 11 is 6.55. The second kappa shape index (κ2) is 10.1. The van der Waals surface area contributed by atoms with Crippen molar-refractivity contribution in [3.8, 4) is 0 Å². The Balaban J connectivity index is 1.35. The van der Waals surface area contributed by atoms with Gasteiger partial charge in [-0.15, -0.1) is 0 Å². The van der Waals surface area contributed by atoms with E-state index in [0.29, 0.717) is 0 Å². The molecule has 1 N–H and O–H groups in total. The Morgan fingerprint density at radius 1 is 1.03 bits per heavy atom. The van der Waals surface area contributed by atoms with Crippen molar-refractivity contribution in [3.05, 3.63) is 57.6 Å². The molecule has 2 aromatic rings. The number of nitrogens with zero attached hydrogens (tertiary/aromatic N) is 2. The van der Waals surface area contributed by atoms with Gasteiger partial charge in [0.25, 0.3) is 0 Å². The molecule has 4 heteroatoms. The van der Waals surface area contributed by atoms with Crippen LogP contribution < -0.4 is 10.2 Å². The largest absolute Gasteiger partial charge is 0.385 e. The summed E-state index contributed by atoms with van der Waals surface area (Å²) in [5.41, 5.74) is 8.40. The number of rotatable bonds is 7. The Bertz CT molecular complexity index is 836. The van der Waals surface area contributed by atoms with Gasteiger partial charge in [-0.3, -0.25) is 4.90 Å². The summed E-state index contributed by atoms with van der Waals surface area (Å²) in [7, 11) is 0. The van der Waals surface area contributed by atoms with Gasteiger partial charge >= 0.3 is 0 Å². The zero-order chi connectivity index (χ0) is 20.9. The molecule has 1 aliphatic heterocycles. The van der Waals surface area contributed by atoms with Crippen LogP contribution in [-0.2, 0) is 19.3 Å². The molecule has 2 aliphatic rings. The van der Waals surface area contributed by atoms with Gasteiger partial charge in [-0.05, 0) is 80.7 Å². The molecular formula is C26H36ClN3. The van der Waals surface area contributed by atoms with Crippen LogP contribution in [0.2, 0.25) is 5.02 Å². The van der Waals surface area contributed by atoms with Crippen molar-refractivity contribution in [2.45, 2.75) is 58.8 Å². The minimum atomic E-state index is 0.904. The van der Waals surface area contributed by atoms with Gasteiger partial charge in [0.05, 0.1) is 17.4 Å². The van der Waals surface area contributed by atoms with Crippen molar-refractivity contribution in [2.75, 3.05) is 43.1 Å². The highest BCUT2D eigenvalue weighted by Crippen LogP contribution is 2.31. The fourth-order valence-corrected chi connectivity index (χ4v) is 5.24. The van der Waals surface area contributed by atoms with Crippen molar-refractivity contribution in [3.63, 3.8) is 0 Å². The van der Waals surface area contributed by atoms with Crippen LogP contribution in [0.3, 0.4) is 0 Å². The van der Waals surface area contributed by atoms with Crippen molar-refractivity contribution in [1.82, 2.24) is 4.90 Å². The second-order valence-corrected chi connectivity index (χ2v) is 9.29. The minimum absolute atomic E-state index is 0.904. The van der Waals surface area contributed by atoms with Crippen molar-refractivity contribution in [2.24, 2.45) is 0 Å². The summed E-state index contributed by atoms with van der Waals surface area (Å²) in [6.07, 6.45) is 8.85. The summed E-state index contributed by atoms with van der Waals surface area (Å²) in [5.74, 6) is 0. The molecule has 1 heterocycles. The van der Waals surface area contributed by atoms with E-state index >= 15 is 0 Å². The average Bonchev–Trinajstić information content (AvgIpc) is 3.20. The molecule has 0 amide bonds. The van der Waals surface area contributed by atoms with Crippen LogP contribution in [-0.4, -0.2) is 37.7 Å². The molecule has 2 aromatic carbocycles. The highest BCUT2D eigenvalue weighted by atomic mass is 35.5. The number of hydrogen-bond donors (Lipinski definition) is 1. The van der Waals surface area contributed by atoms with Gasteiger partial charge in [0, 0.05) is 31.9 Å². The Hall–Kier alpha value is -1.71. The van der Waals surface area contributed by atoms with Crippen LogP contribution in [0.5, 0.6) is 0 Å². The lowest BCUT2D eigenvalue weighted by Gasteiger charge is -2.22. The number of halogens is 1. The van der Waals surface area contributed by atoms with Crippen molar-refractivity contribution >= 4 is 23.0 Å². The number of aryl methyl sites for hydroxylation is 4. The number of fused-ring (bicyclic) bond motifs is 2. The number of hydrogen-bond acceptors (Lipinski definition) is 3. The van der Waals surface area contributed by atoms with Gasteiger partial charge in [0.15, 0.2) is 0 Å². The van der Waals surface area contributed by atoms with Crippen molar-refractivity contribution in [1.29, 1.82) is 0 Å². The fourth-order valence-electron chi connectivity index (χ4n) is 5.00. The van der Waals surface area contributed by atoms with Crippen molar-refractivity contribution < 1.29 is 0 Å². The van der Waals surface area contributed by atoms with E-state index in [2.05, 4.69) is 59.3 Å². The van der Waals surface area contributed by atoms with Gasteiger partial charge in [-0.25, -0.2) is 0 Å². The maximum Gasteiger partial charge on any atom is 0.0708 e. The Morgan fingerprint density at radius 3 is 2.53 bits per heavy atom. The third-order valence-corrected chi connectivity index (χ3v) is 7.11. The molecule has 0 aromatic heterocycles. The van der Waals surface area contributed by atoms with Gasteiger partial charge in [-0.2, -0.15) is 0 Å². The average molecular weight is 426 g/mol. The molecule has 1 aliphatic carbocycles. The first-order chi connectivity index (χ1) is 14.7. The molecule has 4 rings (SSSR count). The van der Waals surface area contributed by atoms with Crippen LogP contribution in [0, 0.1) is 6.92 Å². The molecule has 30 heavy (non-hydrogen) atoms. The van der Waals surface area contributed by atoms with E-state index < -0.39 is 0 Å². The SMILES string of the molecule is CCNc1c2cc(CCCN3CCN(c4cccc(C)c4Cl)C3)cc1CCCCC2. The third kappa shape index (κ3) is 4.95. The smallest absolute Gasteiger partial charge is 0.0708 e. The zero-order valence-electron chi connectivity index (χ0n) is 18.6. The fraction of sp³-hybridized carbons (Fsp3) is 0.538. The molecule has 1 saturated heterocycles. The monoisotopic (exact) mass is 425 g/mol. The maximum absolute atomic E-state index is 6.55. The summed E-state index contributed by atoms with van der Waals surface area (Å²) in [6, 6.07) is 11.3. The molecule has 3 nitrogen and oxygen atoms in total. The van der Waals surface area contributed by atoms with Crippen LogP contribution in [0.1, 0.15) is 54.9 Å². The van der Waals surface area contributed by atoms with Gasteiger partial charge in [0.2, 0.25) is 0 Å². The second-order valence-electron chi connectivity index (χ2n) is 8.91. The summed E-state index contributed by atoms with van der Waals surface area (Å²) in [5, 5.41) is 4.55. The maximum atomic E-state index is 6.55. The highest BCUT2D eigenvalue weighted by molar-refractivity contribution is 6.34. The highest BCUT2D eigenvalue weighted by Gasteiger charge is 2.22. The molecule has 0 unspecified atom stereocenters. The van der Waals surface area contributed by atoms with E-state index in [1.807, 2.05) is 0 Å². The van der Waals surface area contributed by atoms with Crippen LogP contribution in [0.4, 0.5) is 11.4 Å². The molecule has 1 fully saturated rings. The van der Waals surface area contributed by atoms with E-state index in [1.165, 1.54) is 61.9 Å². The summed E-state index contributed by atoms with van der Waals surface area (Å²) < 4.78 is 0. The molecule has 0 atom stereocenters. The lowest BCUT2D eigenvalue weighted by molar-refractivity contribution is 0.336. The zero-order valence-corrected chi connectivity index (χ0v) is 19.4. The quantitative estimate of drug-likeness (QED) is 0.581. The Kier molecular flexibility index (Phi) is 7.22. The number of nitrogens with one attached hydrogen (secondary N) is 1. The van der Waals surface area contributed by atoms with E-state index in [0.717, 1.165) is 43.4 Å². The predicted octanol–water partition coefficient (Wildman–Crippen LogP) is 6.06. The van der Waals surface area contributed by atoms with Gasteiger partial charge < -0.3 is 10.2 Å². The topological polar surface area (TPSA) is 18.5 Å². The van der Waals surface area contributed by atoms with Gasteiger partial charge in [0.1, 0.15) is 0 Å². The van der Waals surface area contributed by atoms with E-state index in [4.69, 9.17) is 11.6 Å². The summed E-state index contributed by atoms with van der Waals surface area (Å²) in [6.45, 7) is 9.63. The van der Waals surface area contributed by atoms with E-state index in [9.17, 15) is 0 Å². The Labute approximate surface area is 187 Å². The normalized spacial score (nSPS) is 17.1. The lowest BCUT2D eigenvalue weighted by Crippen LogP contribution is -2.26. The lowest BCUT2D eigenvalue weighted by atomic mass is 9.91. The van der Waals surface area contributed by atoms with E-state index in [-0.39, 0.29) is 0 Å². The molecule has 0 saturated carbocycles. The third-order valence-electron chi connectivity index (χ3n) is 6.62. The first kappa shape index (κ1) is 21.5. The number of anilines is 2.